The molecule has 1 aliphatic carbocycles. The van der Waals surface area contributed by atoms with E-state index in [-0.39, 0.29) is 46.2 Å². The first-order chi connectivity index (χ1) is 21.6. The van der Waals surface area contributed by atoms with E-state index < -0.39 is 65.6 Å². The van der Waals surface area contributed by atoms with Gasteiger partial charge in [0.1, 0.15) is 11.6 Å². The number of alkyl halides is 2. The van der Waals surface area contributed by atoms with Gasteiger partial charge in [-0.25, -0.2) is 27.8 Å². The van der Waals surface area contributed by atoms with Gasteiger partial charge < -0.3 is 20.5 Å². The van der Waals surface area contributed by atoms with Gasteiger partial charge >= 0.3 is 6.09 Å². The van der Waals surface area contributed by atoms with Crippen molar-refractivity contribution in [3.8, 4) is 6.07 Å². The van der Waals surface area contributed by atoms with E-state index in [4.69, 9.17) is 16.3 Å². The lowest BCUT2D eigenvalue weighted by Gasteiger charge is -2.48. The third kappa shape index (κ3) is 6.36. The van der Waals surface area contributed by atoms with Gasteiger partial charge in [0, 0.05) is 42.2 Å². The molecule has 3 aromatic rings. The number of carbonyl (C=O) groups excluding carboxylic acids is 3. The van der Waals surface area contributed by atoms with Crippen molar-refractivity contribution < 1.29 is 37.4 Å². The van der Waals surface area contributed by atoms with Crippen LogP contribution in [0.5, 0.6) is 0 Å². The van der Waals surface area contributed by atoms with E-state index in [1.54, 1.807) is 12.1 Å². The lowest BCUT2D eigenvalue weighted by atomic mass is 9.73. The number of benzene rings is 2. The van der Waals surface area contributed by atoms with Gasteiger partial charge in [-0.05, 0) is 61.4 Å². The SMILES string of the molecule is CC(C)(O)c1cc(F)cc(NC(=O)C2([C@@H](C(=O)NC3CC(F)(F)C3)c3ccccc3Cl)CCOC(=O)N2c2cc(C#N)ccn2)c1. The van der Waals surface area contributed by atoms with Gasteiger partial charge in [0.05, 0.1) is 29.8 Å². The van der Waals surface area contributed by atoms with Gasteiger partial charge in [-0.1, -0.05) is 29.8 Å². The first kappa shape index (κ1) is 32.7. The number of pyridine rings is 1. The number of aromatic nitrogens is 1. The molecule has 2 aromatic carbocycles. The second kappa shape index (κ2) is 12.3. The number of ether oxygens (including phenoxy) is 1. The van der Waals surface area contributed by atoms with Crippen LogP contribution in [-0.2, 0) is 19.9 Å². The maximum Gasteiger partial charge on any atom is 0.416 e. The van der Waals surface area contributed by atoms with Crippen LogP contribution in [0.25, 0.3) is 0 Å². The maximum atomic E-state index is 14.8. The summed E-state index contributed by atoms with van der Waals surface area (Å²) >= 11 is 6.61. The summed E-state index contributed by atoms with van der Waals surface area (Å²) in [5, 5.41) is 25.3. The second-order valence-corrected chi connectivity index (χ2v) is 12.2. The Balaban J connectivity index is 1.73. The van der Waals surface area contributed by atoms with Gasteiger partial charge in [-0.15, -0.1) is 0 Å². The molecule has 2 heterocycles. The summed E-state index contributed by atoms with van der Waals surface area (Å²) in [6.45, 7) is 2.47. The monoisotopic (exact) mass is 655 g/mol. The van der Waals surface area contributed by atoms with Crippen LogP contribution in [0.1, 0.15) is 55.7 Å². The van der Waals surface area contributed by atoms with E-state index in [1.165, 1.54) is 50.4 Å². The molecule has 0 bridgehead atoms. The fourth-order valence-electron chi connectivity index (χ4n) is 5.79. The number of nitrogens with zero attached hydrogens (tertiary/aromatic N) is 3. The van der Waals surface area contributed by atoms with Crippen LogP contribution in [0.3, 0.4) is 0 Å². The smallest absolute Gasteiger partial charge is 0.416 e. The number of nitrogens with one attached hydrogen (secondary N) is 2. The highest BCUT2D eigenvalue weighted by Gasteiger charge is 2.60. The van der Waals surface area contributed by atoms with E-state index in [1.807, 2.05) is 6.07 Å². The quantitative estimate of drug-likeness (QED) is 0.295. The van der Waals surface area contributed by atoms with Crippen molar-refractivity contribution >= 4 is 41.0 Å². The van der Waals surface area contributed by atoms with Crippen molar-refractivity contribution in [3.63, 3.8) is 0 Å². The Morgan fingerprint density at radius 2 is 1.91 bits per heavy atom. The number of hydrogen-bond donors (Lipinski definition) is 3. The molecule has 46 heavy (non-hydrogen) atoms. The number of cyclic esters (lactones) is 1. The highest BCUT2D eigenvalue weighted by atomic mass is 35.5. The molecule has 1 unspecified atom stereocenters. The molecular formula is C32H29ClF3N5O5. The number of amides is 3. The average molecular weight is 656 g/mol. The molecule has 240 valence electrons. The summed E-state index contributed by atoms with van der Waals surface area (Å²) in [5.41, 5.74) is -3.63. The third-order valence-corrected chi connectivity index (χ3v) is 8.39. The van der Waals surface area contributed by atoms with Crippen LogP contribution in [0.15, 0.2) is 60.8 Å². The Hall–Kier alpha value is -4.67. The number of halogens is 4. The van der Waals surface area contributed by atoms with Gasteiger partial charge in [0.15, 0.2) is 5.54 Å². The highest BCUT2D eigenvalue weighted by molar-refractivity contribution is 6.32. The minimum Gasteiger partial charge on any atom is -0.449 e. The van der Waals surface area contributed by atoms with Crippen molar-refractivity contribution in [1.82, 2.24) is 10.3 Å². The molecule has 2 fully saturated rings. The van der Waals surface area contributed by atoms with Crippen molar-refractivity contribution in [1.29, 1.82) is 5.26 Å². The summed E-state index contributed by atoms with van der Waals surface area (Å²) in [6.07, 6.45) is -1.48. The minimum absolute atomic E-state index is 0.0291. The van der Waals surface area contributed by atoms with Crippen molar-refractivity contribution in [2.45, 2.75) is 62.1 Å². The van der Waals surface area contributed by atoms with E-state index >= 15 is 0 Å². The average Bonchev–Trinajstić information content (AvgIpc) is 2.96. The van der Waals surface area contributed by atoms with Crippen LogP contribution in [0.4, 0.5) is 29.5 Å². The van der Waals surface area contributed by atoms with Gasteiger partial charge in [-0.2, -0.15) is 5.26 Å². The topological polar surface area (TPSA) is 145 Å². The van der Waals surface area contributed by atoms with Gasteiger partial charge in [0.25, 0.3) is 11.8 Å². The number of nitriles is 1. The Morgan fingerprint density at radius 3 is 2.57 bits per heavy atom. The third-order valence-electron chi connectivity index (χ3n) is 8.04. The Morgan fingerprint density at radius 1 is 1.20 bits per heavy atom. The Kier molecular flexibility index (Phi) is 8.72. The number of aliphatic hydroxyl groups is 1. The molecule has 1 saturated carbocycles. The zero-order valence-corrected chi connectivity index (χ0v) is 25.4. The number of hydrogen-bond acceptors (Lipinski definition) is 7. The number of rotatable bonds is 8. The fraction of sp³-hybridized carbons (Fsp3) is 0.344. The maximum absolute atomic E-state index is 14.8. The summed E-state index contributed by atoms with van der Waals surface area (Å²) < 4.78 is 47.7. The van der Waals surface area contributed by atoms with Crippen LogP contribution in [-0.4, -0.2) is 52.1 Å². The first-order valence-electron chi connectivity index (χ1n) is 14.3. The van der Waals surface area contributed by atoms with Crippen LogP contribution >= 0.6 is 11.6 Å². The predicted molar refractivity (Wildman–Crippen MR) is 161 cm³/mol. The van der Waals surface area contributed by atoms with E-state index in [9.17, 15) is 37.9 Å². The van der Waals surface area contributed by atoms with Crippen molar-refractivity contribution in [3.05, 3.63) is 88.3 Å². The molecule has 3 amide bonds. The molecule has 5 rings (SSSR count). The Bertz CT molecular complexity index is 1740. The molecule has 0 radical (unpaired) electrons. The second-order valence-electron chi connectivity index (χ2n) is 11.8. The fourth-order valence-corrected chi connectivity index (χ4v) is 6.03. The van der Waals surface area contributed by atoms with Crippen LogP contribution < -0.4 is 15.5 Å². The zero-order chi connectivity index (χ0) is 33.4. The molecule has 10 nitrogen and oxygen atoms in total. The number of carbonyl (C=O) groups is 3. The first-order valence-corrected chi connectivity index (χ1v) is 14.6. The molecule has 3 N–H and O–H groups in total. The lowest BCUT2D eigenvalue weighted by Crippen LogP contribution is -2.69. The lowest BCUT2D eigenvalue weighted by molar-refractivity contribution is -0.136. The Labute approximate surface area is 267 Å². The zero-order valence-electron chi connectivity index (χ0n) is 24.7. The highest BCUT2D eigenvalue weighted by Crippen LogP contribution is 2.46. The molecule has 14 heteroatoms. The van der Waals surface area contributed by atoms with Crippen molar-refractivity contribution in [2.24, 2.45) is 0 Å². The molecule has 2 aliphatic rings. The summed E-state index contributed by atoms with van der Waals surface area (Å²) in [5.74, 6) is -7.55. The van der Waals surface area contributed by atoms with E-state index in [0.717, 1.165) is 17.0 Å². The van der Waals surface area contributed by atoms with Gasteiger partial charge in [0.2, 0.25) is 5.91 Å². The summed E-state index contributed by atoms with van der Waals surface area (Å²) in [4.78, 5) is 47.8. The molecule has 1 aromatic heterocycles. The standard InChI is InChI=1S/C32H29ClF3N5O5/c1-30(2,45)19-12-20(34)14-21(13-19)40-28(43)32(8-10-46-29(44)41(32)25-11-18(17-37)7-9-38-25)26(23-5-3-4-6-24(23)33)27(42)39-22-15-31(35,36)16-22/h3-7,9,11-14,22,26,45H,8,10,15-16H2,1-2H3,(H,39,42)(H,40,43)/t26-,32?/m1/s1. The predicted octanol–water partition coefficient (Wildman–Crippen LogP) is 5.40. The van der Waals surface area contributed by atoms with E-state index in [0.29, 0.717) is 0 Å². The normalized spacial score (nSPS) is 20.1. The molecular weight excluding hydrogens is 627 g/mol. The van der Waals surface area contributed by atoms with Crippen LogP contribution in [0, 0.1) is 17.1 Å². The molecule has 0 spiro atoms. The van der Waals surface area contributed by atoms with Crippen molar-refractivity contribution in [2.75, 3.05) is 16.8 Å². The van der Waals surface area contributed by atoms with Crippen LogP contribution in [0.2, 0.25) is 5.02 Å². The summed E-state index contributed by atoms with van der Waals surface area (Å²) in [7, 11) is 0. The molecule has 1 saturated heterocycles. The minimum atomic E-state index is -2.98. The largest absolute Gasteiger partial charge is 0.449 e. The molecule has 2 atom stereocenters. The molecule has 1 aliphatic heterocycles. The summed E-state index contributed by atoms with van der Waals surface area (Å²) in [6, 6.07) is 13.0. The van der Waals surface area contributed by atoms with E-state index in [2.05, 4.69) is 15.6 Å². The number of anilines is 2. The van der Waals surface area contributed by atoms with Gasteiger partial charge in [-0.3, -0.25) is 9.59 Å².